The molecule has 0 heterocycles. The zero-order valence-corrected chi connectivity index (χ0v) is 10.6. The molecule has 0 aromatic rings. The Labute approximate surface area is 106 Å². The van der Waals surface area contributed by atoms with Crippen LogP contribution in [0.15, 0.2) is 22.8 Å². The predicted octanol–water partition coefficient (Wildman–Crippen LogP) is 2.81. The molecule has 0 aromatic heterocycles. The van der Waals surface area contributed by atoms with Gasteiger partial charge in [-0.15, -0.1) is 0 Å². The highest BCUT2D eigenvalue weighted by molar-refractivity contribution is 7.94. The van der Waals surface area contributed by atoms with Gasteiger partial charge in [-0.25, -0.2) is 8.42 Å². The van der Waals surface area contributed by atoms with Crippen LogP contribution in [0, 0.1) is 0 Å². The summed E-state index contributed by atoms with van der Waals surface area (Å²) in [6.07, 6.45) is -2.48. The Balaban J connectivity index is 2.58. The average molecular weight is 306 g/mol. The topological polar surface area (TPSA) is 43.4 Å². The lowest BCUT2D eigenvalue weighted by Gasteiger charge is -2.21. The monoisotopic (exact) mass is 306 g/mol. The number of hydrogen-bond acceptors (Lipinski definition) is 3. The fraction of sp³-hybridized carbons (Fsp3) is 0.600. The molecule has 1 aliphatic rings. The smallest absolute Gasteiger partial charge is 0.456 e. The normalized spacial score (nSPS) is 17.8. The van der Waals surface area contributed by atoms with E-state index in [2.05, 4.69) is 4.74 Å². The summed E-state index contributed by atoms with van der Waals surface area (Å²) in [4.78, 5) is 0.0856. The van der Waals surface area contributed by atoms with Gasteiger partial charge in [0.15, 0.2) is 16.4 Å². The van der Waals surface area contributed by atoms with Gasteiger partial charge in [0.1, 0.15) is 0 Å². The second kappa shape index (κ2) is 5.10. The quantitative estimate of drug-likeness (QED) is 0.750. The standard InChI is InChI=1S/C10H11F5O3S/c1-19(16,17)8-4-2-7(3-5-8)18-6-9(11,12)10(13,14)15/h2,5H,3-4,6H2,1H3. The molecule has 0 N–H and O–H groups in total. The largest absolute Gasteiger partial charge is 0.491 e. The minimum absolute atomic E-state index is 0.0776. The Kier molecular flexibility index (Phi) is 4.28. The van der Waals surface area contributed by atoms with Crippen LogP contribution in [0.25, 0.3) is 0 Å². The minimum Gasteiger partial charge on any atom is -0.491 e. The van der Waals surface area contributed by atoms with Crippen molar-refractivity contribution in [1.82, 2.24) is 0 Å². The molecule has 0 aliphatic heterocycles. The van der Waals surface area contributed by atoms with Crippen molar-refractivity contribution in [3.8, 4) is 0 Å². The van der Waals surface area contributed by atoms with E-state index in [9.17, 15) is 30.4 Å². The van der Waals surface area contributed by atoms with Gasteiger partial charge in [-0.05, 0) is 6.08 Å². The first-order chi connectivity index (χ1) is 8.43. The SMILES string of the molecule is CS(=O)(=O)C1=CCC(OCC(F)(F)C(F)(F)F)=CC1. The molecule has 0 aromatic carbocycles. The lowest BCUT2D eigenvalue weighted by atomic mass is 10.2. The number of ether oxygens (including phenoxy) is 1. The molecule has 110 valence electrons. The third-order valence-corrected chi connectivity index (χ3v) is 3.68. The van der Waals surface area contributed by atoms with Crippen LogP contribution in [0.3, 0.4) is 0 Å². The third-order valence-electron chi connectivity index (χ3n) is 2.39. The molecule has 0 atom stereocenters. The van der Waals surface area contributed by atoms with Crippen LogP contribution in [-0.2, 0) is 14.6 Å². The molecule has 9 heteroatoms. The van der Waals surface area contributed by atoms with Gasteiger partial charge in [-0.1, -0.05) is 6.08 Å². The van der Waals surface area contributed by atoms with Gasteiger partial charge in [0.05, 0.1) is 5.76 Å². The molecule has 1 aliphatic carbocycles. The Bertz CT molecular complexity index is 502. The Hall–Kier alpha value is -1.12. The average Bonchev–Trinajstić information content (AvgIpc) is 2.24. The fourth-order valence-corrected chi connectivity index (χ4v) is 2.05. The highest BCUT2D eigenvalue weighted by atomic mass is 32.2. The van der Waals surface area contributed by atoms with Crippen molar-refractivity contribution in [2.24, 2.45) is 0 Å². The molecule has 1 rings (SSSR count). The van der Waals surface area contributed by atoms with Gasteiger partial charge in [0.2, 0.25) is 0 Å². The van der Waals surface area contributed by atoms with E-state index < -0.39 is 28.5 Å². The molecule has 19 heavy (non-hydrogen) atoms. The van der Waals surface area contributed by atoms with E-state index in [1.54, 1.807) is 0 Å². The molecule has 0 fully saturated rings. The lowest BCUT2D eigenvalue weighted by molar-refractivity contribution is -0.294. The van der Waals surface area contributed by atoms with E-state index in [-0.39, 0.29) is 23.5 Å². The Morgan fingerprint density at radius 2 is 1.74 bits per heavy atom. The summed E-state index contributed by atoms with van der Waals surface area (Å²) in [5, 5.41) is 0. The first-order valence-corrected chi connectivity index (χ1v) is 6.98. The van der Waals surface area contributed by atoms with Gasteiger partial charge >= 0.3 is 12.1 Å². The second-order valence-corrected chi connectivity index (χ2v) is 6.08. The number of allylic oxidation sites excluding steroid dienone is 3. The van der Waals surface area contributed by atoms with Crippen molar-refractivity contribution < 1.29 is 35.1 Å². The van der Waals surface area contributed by atoms with Crippen molar-refractivity contribution in [3.05, 3.63) is 22.8 Å². The van der Waals surface area contributed by atoms with Crippen molar-refractivity contribution in [2.45, 2.75) is 24.9 Å². The van der Waals surface area contributed by atoms with Crippen molar-refractivity contribution in [2.75, 3.05) is 12.9 Å². The maximum absolute atomic E-state index is 12.6. The van der Waals surface area contributed by atoms with Crippen molar-refractivity contribution in [1.29, 1.82) is 0 Å². The molecular formula is C10H11F5O3S. The van der Waals surface area contributed by atoms with E-state index in [1.807, 2.05) is 0 Å². The van der Waals surface area contributed by atoms with Gasteiger partial charge in [0, 0.05) is 24.0 Å². The summed E-state index contributed by atoms with van der Waals surface area (Å²) in [6.45, 7) is -1.82. The maximum Gasteiger partial charge on any atom is 0.456 e. The van der Waals surface area contributed by atoms with Crippen molar-refractivity contribution >= 4 is 9.84 Å². The van der Waals surface area contributed by atoms with Gasteiger partial charge in [-0.3, -0.25) is 0 Å². The highest BCUT2D eigenvalue weighted by Gasteiger charge is 2.58. The van der Waals surface area contributed by atoms with E-state index >= 15 is 0 Å². The Morgan fingerprint density at radius 3 is 2.11 bits per heavy atom. The number of rotatable bonds is 4. The van der Waals surface area contributed by atoms with E-state index in [1.165, 1.54) is 12.2 Å². The first kappa shape index (κ1) is 15.9. The minimum atomic E-state index is -5.67. The number of halogens is 5. The fourth-order valence-electron chi connectivity index (χ4n) is 1.28. The summed E-state index contributed by atoms with van der Waals surface area (Å²) in [6, 6.07) is 0. The lowest BCUT2D eigenvalue weighted by Crippen LogP contribution is -2.40. The number of hydrogen-bond donors (Lipinski definition) is 0. The molecule has 0 spiro atoms. The molecule has 3 nitrogen and oxygen atoms in total. The third kappa shape index (κ3) is 4.19. The van der Waals surface area contributed by atoms with Crippen LogP contribution in [0.5, 0.6) is 0 Å². The summed E-state index contributed by atoms with van der Waals surface area (Å²) in [5.74, 6) is -5.04. The van der Waals surface area contributed by atoms with Crippen LogP contribution in [0.1, 0.15) is 12.8 Å². The molecule has 0 bridgehead atoms. The first-order valence-electron chi connectivity index (χ1n) is 5.09. The van der Waals surface area contributed by atoms with Crippen LogP contribution < -0.4 is 0 Å². The molecule has 0 saturated carbocycles. The predicted molar refractivity (Wildman–Crippen MR) is 57.2 cm³/mol. The summed E-state index contributed by atoms with van der Waals surface area (Å²) in [5.41, 5.74) is 0. The molecule has 0 unspecified atom stereocenters. The van der Waals surface area contributed by atoms with E-state index in [4.69, 9.17) is 0 Å². The number of alkyl halides is 5. The van der Waals surface area contributed by atoms with Gasteiger partial charge in [-0.2, -0.15) is 22.0 Å². The van der Waals surface area contributed by atoms with Crippen LogP contribution in [-0.4, -0.2) is 33.4 Å². The van der Waals surface area contributed by atoms with Crippen LogP contribution >= 0.6 is 0 Å². The highest BCUT2D eigenvalue weighted by Crippen LogP contribution is 2.36. The Morgan fingerprint density at radius 1 is 1.16 bits per heavy atom. The zero-order chi connectivity index (χ0) is 14.9. The van der Waals surface area contributed by atoms with E-state index in [0.717, 1.165) is 6.26 Å². The van der Waals surface area contributed by atoms with Gasteiger partial charge in [0.25, 0.3) is 0 Å². The van der Waals surface area contributed by atoms with Crippen LogP contribution in [0.4, 0.5) is 22.0 Å². The molecule has 0 amide bonds. The summed E-state index contributed by atoms with van der Waals surface area (Å²) < 4.78 is 87.4. The summed E-state index contributed by atoms with van der Waals surface area (Å²) in [7, 11) is -3.38. The summed E-state index contributed by atoms with van der Waals surface area (Å²) >= 11 is 0. The molecule has 0 saturated heterocycles. The molecule has 0 radical (unpaired) electrons. The van der Waals surface area contributed by atoms with Crippen LogP contribution in [0.2, 0.25) is 0 Å². The van der Waals surface area contributed by atoms with E-state index in [0.29, 0.717) is 0 Å². The van der Waals surface area contributed by atoms with Crippen molar-refractivity contribution in [3.63, 3.8) is 0 Å². The zero-order valence-electron chi connectivity index (χ0n) is 9.80. The molecular weight excluding hydrogens is 295 g/mol. The van der Waals surface area contributed by atoms with Gasteiger partial charge < -0.3 is 4.74 Å². The second-order valence-electron chi connectivity index (χ2n) is 4.01. The number of sulfone groups is 1. The maximum atomic E-state index is 12.6.